The molecule has 1 aliphatic rings. The Balaban J connectivity index is 1.95. The number of aromatic amines is 2. The summed E-state index contributed by atoms with van der Waals surface area (Å²) in [4.78, 5) is 25.1. The zero-order chi connectivity index (χ0) is 12.0. The summed E-state index contributed by atoms with van der Waals surface area (Å²) in [6.07, 6.45) is 3.01. The number of nitrogens with one attached hydrogen (secondary N) is 2. The molecule has 0 bridgehead atoms. The molecule has 0 spiro atoms. The van der Waals surface area contributed by atoms with Crippen molar-refractivity contribution in [2.24, 2.45) is 11.7 Å². The molecular formula is C10H14N6O. The Morgan fingerprint density at radius 2 is 2.12 bits per heavy atom. The zero-order valence-electron chi connectivity index (χ0n) is 9.23. The lowest BCUT2D eigenvalue weighted by Gasteiger charge is -2.06. The van der Waals surface area contributed by atoms with Gasteiger partial charge in [-0.25, -0.2) is 4.98 Å². The van der Waals surface area contributed by atoms with Crippen molar-refractivity contribution in [3.63, 3.8) is 0 Å². The van der Waals surface area contributed by atoms with Gasteiger partial charge in [0.2, 0.25) is 5.95 Å². The summed E-state index contributed by atoms with van der Waals surface area (Å²) in [5, 5.41) is 0. The normalized spacial score (nSPS) is 17.5. The molecule has 7 nitrogen and oxygen atoms in total. The van der Waals surface area contributed by atoms with Crippen LogP contribution in [0, 0.1) is 5.92 Å². The van der Waals surface area contributed by atoms with Crippen LogP contribution in [0.4, 0.5) is 5.95 Å². The van der Waals surface area contributed by atoms with Gasteiger partial charge in [0, 0.05) is 12.5 Å². The smallest absolute Gasteiger partial charge is 0.278 e. The molecule has 2 heterocycles. The molecule has 0 aliphatic heterocycles. The Bertz CT molecular complexity index is 611. The summed E-state index contributed by atoms with van der Waals surface area (Å²) >= 11 is 0. The lowest BCUT2D eigenvalue weighted by molar-refractivity contribution is 0.579. The second-order valence-corrected chi connectivity index (χ2v) is 4.54. The van der Waals surface area contributed by atoms with Gasteiger partial charge < -0.3 is 16.5 Å². The molecule has 1 aliphatic carbocycles. The minimum atomic E-state index is -0.300. The molecule has 17 heavy (non-hydrogen) atoms. The van der Waals surface area contributed by atoms with Crippen LogP contribution in [0.15, 0.2) is 4.79 Å². The van der Waals surface area contributed by atoms with Crippen molar-refractivity contribution in [1.82, 2.24) is 19.9 Å². The maximum absolute atomic E-state index is 11.6. The average molecular weight is 234 g/mol. The van der Waals surface area contributed by atoms with Crippen molar-refractivity contribution >= 4 is 17.1 Å². The standard InChI is InChI=1S/C10H14N6O/c11-5(4-1-2-4)3-6-13-7-8(14-6)15-10(12)16-9(7)17/h4-5H,1-3,11H2,(H4,12,13,14,15,16,17). The molecule has 1 unspecified atom stereocenters. The molecule has 1 saturated carbocycles. The molecule has 0 radical (unpaired) electrons. The fraction of sp³-hybridized carbons (Fsp3) is 0.500. The van der Waals surface area contributed by atoms with Gasteiger partial charge in [-0.1, -0.05) is 0 Å². The van der Waals surface area contributed by atoms with Crippen LogP contribution in [0.5, 0.6) is 0 Å². The summed E-state index contributed by atoms with van der Waals surface area (Å²) in [6.45, 7) is 0. The van der Waals surface area contributed by atoms with Gasteiger partial charge in [0.1, 0.15) is 5.82 Å². The highest BCUT2D eigenvalue weighted by atomic mass is 16.1. The monoisotopic (exact) mass is 234 g/mol. The first-order valence-electron chi connectivity index (χ1n) is 5.63. The van der Waals surface area contributed by atoms with Gasteiger partial charge in [0.25, 0.3) is 5.56 Å². The molecule has 6 N–H and O–H groups in total. The molecular weight excluding hydrogens is 220 g/mol. The van der Waals surface area contributed by atoms with Crippen LogP contribution in [0.1, 0.15) is 18.7 Å². The third-order valence-electron chi connectivity index (χ3n) is 3.09. The van der Waals surface area contributed by atoms with Crippen LogP contribution in [-0.4, -0.2) is 26.0 Å². The Morgan fingerprint density at radius 3 is 2.82 bits per heavy atom. The van der Waals surface area contributed by atoms with Crippen LogP contribution >= 0.6 is 0 Å². The molecule has 2 aromatic rings. The van der Waals surface area contributed by atoms with Gasteiger partial charge in [0.05, 0.1) is 0 Å². The Morgan fingerprint density at radius 1 is 1.35 bits per heavy atom. The van der Waals surface area contributed by atoms with Gasteiger partial charge in [-0.3, -0.25) is 9.78 Å². The minimum Gasteiger partial charge on any atom is -0.369 e. The number of hydrogen-bond donors (Lipinski definition) is 4. The zero-order valence-corrected chi connectivity index (χ0v) is 9.23. The molecule has 7 heteroatoms. The van der Waals surface area contributed by atoms with E-state index in [2.05, 4.69) is 19.9 Å². The molecule has 0 saturated heterocycles. The first-order chi connectivity index (χ1) is 8.13. The van der Waals surface area contributed by atoms with Crippen LogP contribution < -0.4 is 17.0 Å². The summed E-state index contributed by atoms with van der Waals surface area (Å²) in [6, 6.07) is 0.104. The number of anilines is 1. The molecule has 3 rings (SSSR count). The maximum Gasteiger partial charge on any atom is 0.278 e. The molecule has 1 fully saturated rings. The number of imidazole rings is 1. The van der Waals surface area contributed by atoms with Crippen molar-refractivity contribution in [2.75, 3.05) is 5.73 Å². The van der Waals surface area contributed by atoms with Crippen molar-refractivity contribution < 1.29 is 0 Å². The van der Waals surface area contributed by atoms with Crippen LogP contribution in [0.25, 0.3) is 11.2 Å². The number of aromatic nitrogens is 4. The van der Waals surface area contributed by atoms with E-state index in [0.29, 0.717) is 29.3 Å². The topological polar surface area (TPSA) is 126 Å². The number of hydrogen-bond acceptors (Lipinski definition) is 5. The van der Waals surface area contributed by atoms with Crippen molar-refractivity contribution in [3.05, 3.63) is 16.2 Å². The van der Waals surface area contributed by atoms with Gasteiger partial charge >= 0.3 is 0 Å². The van der Waals surface area contributed by atoms with Gasteiger partial charge in [0.15, 0.2) is 11.2 Å². The predicted molar refractivity (Wildman–Crippen MR) is 63.3 cm³/mol. The lowest BCUT2D eigenvalue weighted by atomic mass is 10.1. The van der Waals surface area contributed by atoms with Gasteiger partial charge in [-0.05, 0) is 18.8 Å². The van der Waals surface area contributed by atoms with E-state index in [1.54, 1.807) is 0 Å². The van der Waals surface area contributed by atoms with E-state index in [0.717, 1.165) is 0 Å². The fourth-order valence-corrected chi connectivity index (χ4v) is 1.98. The number of rotatable bonds is 3. The van der Waals surface area contributed by atoms with E-state index in [1.807, 2.05) is 0 Å². The minimum absolute atomic E-state index is 0.0760. The Hall–Kier alpha value is -1.89. The maximum atomic E-state index is 11.6. The van der Waals surface area contributed by atoms with Crippen molar-refractivity contribution in [1.29, 1.82) is 0 Å². The average Bonchev–Trinajstić information content (AvgIpc) is 3.01. The van der Waals surface area contributed by atoms with E-state index >= 15 is 0 Å². The molecule has 0 aromatic carbocycles. The van der Waals surface area contributed by atoms with E-state index in [-0.39, 0.29) is 17.5 Å². The van der Waals surface area contributed by atoms with E-state index < -0.39 is 0 Å². The van der Waals surface area contributed by atoms with E-state index in [9.17, 15) is 4.79 Å². The van der Waals surface area contributed by atoms with Gasteiger partial charge in [-0.15, -0.1) is 0 Å². The quantitative estimate of drug-likeness (QED) is 0.570. The van der Waals surface area contributed by atoms with Crippen LogP contribution in [0.3, 0.4) is 0 Å². The fourth-order valence-electron chi connectivity index (χ4n) is 1.98. The molecule has 0 amide bonds. The number of fused-ring (bicyclic) bond motifs is 1. The molecule has 2 aromatic heterocycles. The first-order valence-corrected chi connectivity index (χ1v) is 5.63. The highest BCUT2D eigenvalue weighted by molar-refractivity contribution is 5.70. The molecule has 1 atom stereocenters. The Kier molecular flexibility index (Phi) is 2.15. The number of nitrogen functional groups attached to an aromatic ring is 1. The second-order valence-electron chi connectivity index (χ2n) is 4.54. The summed E-state index contributed by atoms with van der Waals surface area (Å²) in [5.41, 5.74) is 11.9. The highest BCUT2D eigenvalue weighted by Gasteiger charge is 2.29. The third-order valence-corrected chi connectivity index (χ3v) is 3.09. The van der Waals surface area contributed by atoms with E-state index in [1.165, 1.54) is 12.8 Å². The lowest BCUT2D eigenvalue weighted by Crippen LogP contribution is -2.25. The largest absolute Gasteiger partial charge is 0.369 e. The summed E-state index contributed by atoms with van der Waals surface area (Å²) in [5.74, 6) is 1.37. The third kappa shape index (κ3) is 1.89. The first kappa shape index (κ1) is 10.3. The summed E-state index contributed by atoms with van der Waals surface area (Å²) in [7, 11) is 0. The van der Waals surface area contributed by atoms with Crippen LogP contribution in [-0.2, 0) is 6.42 Å². The van der Waals surface area contributed by atoms with E-state index in [4.69, 9.17) is 11.5 Å². The highest BCUT2D eigenvalue weighted by Crippen LogP contribution is 2.32. The number of nitrogens with two attached hydrogens (primary N) is 2. The summed E-state index contributed by atoms with van der Waals surface area (Å²) < 4.78 is 0. The van der Waals surface area contributed by atoms with Gasteiger partial charge in [-0.2, -0.15) is 4.98 Å². The Labute approximate surface area is 96.6 Å². The number of H-pyrrole nitrogens is 2. The second kappa shape index (κ2) is 3.56. The van der Waals surface area contributed by atoms with Crippen molar-refractivity contribution in [2.45, 2.75) is 25.3 Å². The SMILES string of the molecule is Nc1nc2nc(CC(N)C3CC3)[nH]c2c(=O)[nH]1. The predicted octanol–water partition coefficient (Wildman–Crippen LogP) is -0.492. The molecule has 90 valence electrons. The number of nitrogens with zero attached hydrogens (tertiary/aromatic N) is 2. The van der Waals surface area contributed by atoms with Crippen molar-refractivity contribution in [3.8, 4) is 0 Å². The van der Waals surface area contributed by atoms with Crippen LogP contribution in [0.2, 0.25) is 0 Å².